The molecule has 0 aliphatic carbocycles. The molecule has 3 heterocycles. The molecule has 0 bridgehead atoms. The fraction of sp³-hybridized carbons (Fsp3) is 0.227. The lowest BCUT2D eigenvalue weighted by molar-refractivity contribution is 0.102. The first-order valence-corrected chi connectivity index (χ1v) is 10.3. The van der Waals surface area contributed by atoms with E-state index in [1.165, 1.54) is 0 Å². The Kier molecular flexibility index (Phi) is 4.77. The van der Waals surface area contributed by atoms with E-state index in [-0.39, 0.29) is 17.4 Å². The number of fused-ring (bicyclic) bond motifs is 3. The molecule has 1 fully saturated rings. The van der Waals surface area contributed by atoms with Gasteiger partial charge in [0.15, 0.2) is 0 Å². The number of H-pyrrole nitrogens is 1. The normalized spacial score (nSPS) is 15.0. The predicted molar refractivity (Wildman–Crippen MR) is 118 cm³/mol. The van der Waals surface area contributed by atoms with Gasteiger partial charge >= 0.3 is 0 Å². The van der Waals surface area contributed by atoms with E-state index in [4.69, 9.17) is 16.7 Å². The lowest BCUT2D eigenvalue weighted by atomic mass is 9.94. The number of aromatic nitrogens is 3. The van der Waals surface area contributed by atoms with E-state index in [2.05, 4.69) is 15.6 Å². The summed E-state index contributed by atoms with van der Waals surface area (Å²) in [5, 5.41) is 12.3. The molecule has 0 unspecified atom stereocenters. The Morgan fingerprint density at radius 2 is 1.90 bits per heavy atom. The van der Waals surface area contributed by atoms with Gasteiger partial charge in [-0.15, -0.1) is 0 Å². The zero-order valence-electron chi connectivity index (χ0n) is 16.1. The summed E-state index contributed by atoms with van der Waals surface area (Å²) < 4.78 is 1.82. The number of aromatic amines is 1. The predicted octanol–water partition coefficient (Wildman–Crippen LogP) is 3.55. The highest BCUT2D eigenvalue weighted by Crippen LogP contribution is 2.30. The number of amides is 1. The fourth-order valence-corrected chi connectivity index (χ4v) is 4.22. The van der Waals surface area contributed by atoms with E-state index in [9.17, 15) is 9.59 Å². The van der Waals surface area contributed by atoms with Crippen molar-refractivity contribution in [1.82, 2.24) is 19.9 Å². The second kappa shape index (κ2) is 7.59. The molecule has 2 aromatic heterocycles. The van der Waals surface area contributed by atoms with Crippen molar-refractivity contribution in [2.75, 3.05) is 18.4 Å². The SMILES string of the molecule is O=C(Nc1cccc2nn3c(C4CCNCC4)cc(=O)[nH]c3c12)c1ccc(Cl)cc1. The van der Waals surface area contributed by atoms with Crippen molar-refractivity contribution in [3.8, 4) is 0 Å². The third-order valence-electron chi connectivity index (χ3n) is 5.58. The van der Waals surface area contributed by atoms with E-state index < -0.39 is 0 Å². The number of nitrogens with zero attached hydrogens (tertiary/aromatic N) is 2. The van der Waals surface area contributed by atoms with Crippen molar-refractivity contribution in [2.45, 2.75) is 18.8 Å². The summed E-state index contributed by atoms with van der Waals surface area (Å²) in [6.45, 7) is 1.84. The van der Waals surface area contributed by atoms with Crippen molar-refractivity contribution < 1.29 is 4.79 Å². The lowest BCUT2D eigenvalue weighted by Crippen LogP contribution is -2.28. The molecule has 152 valence electrons. The third-order valence-corrected chi connectivity index (χ3v) is 5.83. The lowest BCUT2D eigenvalue weighted by Gasteiger charge is -2.23. The molecule has 5 rings (SSSR count). The third kappa shape index (κ3) is 3.36. The summed E-state index contributed by atoms with van der Waals surface area (Å²) in [6, 6.07) is 13.9. The minimum Gasteiger partial charge on any atom is -0.321 e. The Morgan fingerprint density at radius 1 is 1.13 bits per heavy atom. The van der Waals surface area contributed by atoms with Gasteiger partial charge in [0.25, 0.3) is 11.5 Å². The van der Waals surface area contributed by atoms with Gasteiger partial charge < -0.3 is 15.6 Å². The van der Waals surface area contributed by atoms with Crippen LogP contribution < -0.4 is 16.2 Å². The smallest absolute Gasteiger partial charge is 0.255 e. The molecule has 4 aromatic rings. The van der Waals surface area contributed by atoms with Gasteiger partial charge in [-0.2, -0.15) is 5.10 Å². The van der Waals surface area contributed by atoms with Crippen molar-refractivity contribution in [3.05, 3.63) is 75.2 Å². The standard InChI is InChI=1S/C22H20ClN5O2/c23-15-6-4-14(5-7-15)22(30)25-16-2-1-3-17-20(16)21-26-19(29)12-18(28(21)27-17)13-8-10-24-11-9-13/h1-7,12-13,24H,8-11H2,(H,25,30)(H,26,29). The fourth-order valence-electron chi connectivity index (χ4n) is 4.09. The van der Waals surface area contributed by atoms with Crippen LogP contribution in [0.15, 0.2) is 53.3 Å². The summed E-state index contributed by atoms with van der Waals surface area (Å²) in [5.41, 5.74) is 3.13. The molecule has 3 N–H and O–H groups in total. The Morgan fingerprint density at radius 3 is 2.67 bits per heavy atom. The van der Waals surface area contributed by atoms with Crippen molar-refractivity contribution >= 4 is 39.7 Å². The average molecular weight is 422 g/mol. The monoisotopic (exact) mass is 421 g/mol. The Labute approximate surface area is 177 Å². The number of benzene rings is 2. The highest BCUT2D eigenvalue weighted by molar-refractivity contribution is 6.30. The van der Waals surface area contributed by atoms with Crippen LogP contribution in [-0.4, -0.2) is 33.6 Å². The van der Waals surface area contributed by atoms with Gasteiger partial charge in [-0.1, -0.05) is 17.7 Å². The van der Waals surface area contributed by atoms with Crippen LogP contribution in [0.3, 0.4) is 0 Å². The highest BCUT2D eigenvalue weighted by Gasteiger charge is 2.22. The number of carbonyl (C=O) groups is 1. The van der Waals surface area contributed by atoms with E-state index in [1.807, 2.05) is 22.7 Å². The molecule has 1 aliphatic rings. The Balaban J connectivity index is 1.62. The molecule has 1 amide bonds. The summed E-state index contributed by atoms with van der Waals surface area (Å²) >= 11 is 5.92. The highest BCUT2D eigenvalue weighted by atomic mass is 35.5. The summed E-state index contributed by atoms with van der Waals surface area (Å²) in [4.78, 5) is 28.1. The molecule has 1 aliphatic heterocycles. The van der Waals surface area contributed by atoms with Crippen molar-refractivity contribution in [2.24, 2.45) is 0 Å². The molecule has 30 heavy (non-hydrogen) atoms. The largest absolute Gasteiger partial charge is 0.321 e. The first-order chi connectivity index (χ1) is 14.6. The van der Waals surface area contributed by atoms with E-state index in [1.54, 1.807) is 30.3 Å². The Hall–Kier alpha value is -3.16. The number of carbonyl (C=O) groups excluding carboxylic acids is 1. The molecule has 8 heteroatoms. The van der Waals surface area contributed by atoms with Gasteiger partial charge in [0.2, 0.25) is 0 Å². The van der Waals surface area contributed by atoms with Crippen LogP contribution in [0.4, 0.5) is 5.69 Å². The van der Waals surface area contributed by atoms with Gasteiger partial charge in [-0.3, -0.25) is 9.59 Å². The second-order valence-corrected chi connectivity index (χ2v) is 7.94. The number of hydrogen-bond acceptors (Lipinski definition) is 4. The van der Waals surface area contributed by atoms with Crippen LogP contribution >= 0.6 is 11.6 Å². The number of halogens is 1. The minimum absolute atomic E-state index is 0.170. The van der Waals surface area contributed by atoms with Crippen LogP contribution in [0, 0.1) is 0 Å². The molecule has 7 nitrogen and oxygen atoms in total. The maximum Gasteiger partial charge on any atom is 0.255 e. The molecule has 0 atom stereocenters. The van der Waals surface area contributed by atoms with E-state index in [0.29, 0.717) is 32.8 Å². The van der Waals surface area contributed by atoms with Gasteiger partial charge in [0.1, 0.15) is 5.65 Å². The molecule has 0 spiro atoms. The van der Waals surface area contributed by atoms with Crippen molar-refractivity contribution in [1.29, 1.82) is 0 Å². The van der Waals surface area contributed by atoms with E-state index >= 15 is 0 Å². The minimum atomic E-state index is -0.254. The maximum absolute atomic E-state index is 12.7. The summed E-state index contributed by atoms with van der Waals surface area (Å²) in [7, 11) is 0. The number of rotatable bonds is 3. The summed E-state index contributed by atoms with van der Waals surface area (Å²) in [5.74, 6) is 0.00726. The molecule has 0 radical (unpaired) electrons. The van der Waals surface area contributed by atoms with Gasteiger partial charge in [0, 0.05) is 22.6 Å². The zero-order chi connectivity index (χ0) is 20.7. The van der Waals surface area contributed by atoms with Crippen LogP contribution in [0.5, 0.6) is 0 Å². The first kappa shape index (κ1) is 18.8. The molecule has 1 saturated heterocycles. The average Bonchev–Trinajstić information content (AvgIpc) is 3.13. The molecule has 0 saturated carbocycles. The number of piperidine rings is 1. The van der Waals surface area contributed by atoms with Crippen LogP contribution in [0.25, 0.3) is 16.6 Å². The van der Waals surface area contributed by atoms with E-state index in [0.717, 1.165) is 31.6 Å². The van der Waals surface area contributed by atoms with Crippen LogP contribution in [0.1, 0.15) is 34.8 Å². The maximum atomic E-state index is 12.7. The second-order valence-electron chi connectivity index (χ2n) is 7.50. The topological polar surface area (TPSA) is 91.3 Å². The first-order valence-electron chi connectivity index (χ1n) is 9.92. The molecule has 2 aromatic carbocycles. The van der Waals surface area contributed by atoms with Gasteiger partial charge in [0.05, 0.1) is 22.3 Å². The van der Waals surface area contributed by atoms with Crippen molar-refractivity contribution in [3.63, 3.8) is 0 Å². The number of hydrogen-bond donors (Lipinski definition) is 3. The van der Waals surface area contributed by atoms with Crippen LogP contribution in [-0.2, 0) is 0 Å². The molecular weight excluding hydrogens is 402 g/mol. The summed E-state index contributed by atoms with van der Waals surface area (Å²) in [6.07, 6.45) is 1.91. The van der Waals surface area contributed by atoms with Gasteiger partial charge in [-0.05, 0) is 62.3 Å². The Bertz CT molecular complexity index is 1300. The van der Waals surface area contributed by atoms with Crippen LogP contribution in [0.2, 0.25) is 5.02 Å². The number of anilines is 1. The van der Waals surface area contributed by atoms with Gasteiger partial charge in [-0.25, -0.2) is 4.52 Å². The number of nitrogens with one attached hydrogen (secondary N) is 3. The quantitative estimate of drug-likeness (QED) is 0.471. The molecular formula is C22H20ClN5O2. The zero-order valence-corrected chi connectivity index (χ0v) is 16.9.